The van der Waals surface area contributed by atoms with Gasteiger partial charge in [-0.2, -0.15) is 0 Å². The molecular weight excluding hydrogens is 232 g/mol. The van der Waals surface area contributed by atoms with Crippen LogP contribution in [0.1, 0.15) is 58.8 Å². The van der Waals surface area contributed by atoms with Crippen LogP contribution in [0.25, 0.3) is 0 Å². The van der Waals surface area contributed by atoms with Gasteiger partial charge in [-0.1, -0.05) is 32.6 Å². The van der Waals surface area contributed by atoms with Gasteiger partial charge in [0, 0.05) is 0 Å². The zero-order valence-corrected chi connectivity index (χ0v) is 11.3. The molecule has 0 aromatic heterocycles. The van der Waals surface area contributed by atoms with Crippen molar-refractivity contribution in [3.8, 4) is 0 Å². The Morgan fingerprint density at radius 2 is 1.89 bits per heavy atom. The van der Waals surface area contributed by atoms with Crippen molar-refractivity contribution in [1.29, 1.82) is 0 Å². The van der Waals surface area contributed by atoms with Gasteiger partial charge in [0.1, 0.15) is 5.54 Å². The Morgan fingerprint density at radius 3 is 2.33 bits per heavy atom. The topological polar surface area (TPSA) is 92.4 Å². The highest BCUT2D eigenvalue weighted by molar-refractivity contribution is 5.91. The zero-order chi connectivity index (χ0) is 13.8. The Bertz CT molecular complexity index is 320. The molecule has 4 N–H and O–H groups in total. The lowest BCUT2D eigenvalue weighted by atomic mass is 9.80. The van der Waals surface area contributed by atoms with Crippen LogP contribution >= 0.6 is 0 Å². The molecule has 1 saturated carbocycles. The van der Waals surface area contributed by atoms with Crippen LogP contribution in [0.15, 0.2) is 0 Å². The Labute approximate surface area is 108 Å². The van der Waals surface area contributed by atoms with E-state index in [-0.39, 0.29) is 5.91 Å². The second-order valence-corrected chi connectivity index (χ2v) is 5.57. The predicted molar refractivity (Wildman–Crippen MR) is 69.1 cm³/mol. The number of nitrogens with one attached hydrogen (secondary N) is 1. The van der Waals surface area contributed by atoms with Gasteiger partial charge >= 0.3 is 5.97 Å². The van der Waals surface area contributed by atoms with Gasteiger partial charge in [-0.15, -0.1) is 0 Å². The third-order valence-electron chi connectivity index (χ3n) is 3.76. The van der Waals surface area contributed by atoms with E-state index in [1.165, 1.54) is 0 Å². The predicted octanol–water partition coefficient (Wildman–Crippen LogP) is 1.41. The Morgan fingerprint density at radius 1 is 1.33 bits per heavy atom. The number of carboxylic acid groups (broad SMARTS) is 1. The van der Waals surface area contributed by atoms with Crippen molar-refractivity contribution in [3.05, 3.63) is 0 Å². The monoisotopic (exact) mass is 256 g/mol. The summed E-state index contributed by atoms with van der Waals surface area (Å²) >= 11 is 0. The summed E-state index contributed by atoms with van der Waals surface area (Å²) < 4.78 is 0. The zero-order valence-electron chi connectivity index (χ0n) is 11.3. The maximum atomic E-state index is 12.1. The SMILES string of the molecule is CCCC(C)(N)C(=O)NC1(C(=O)O)CCCCC1. The van der Waals surface area contributed by atoms with Crippen LogP contribution in [-0.4, -0.2) is 28.1 Å². The normalized spacial score (nSPS) is 21.9. The van der Waals surface area contributed by atoms with E-state index in [4.69, 9.17) is 5.73 Å². The highest BCUT2D eigenvalue weighted by atomic mass is 16.4. The second kappa shape index (κ2) is 5.69. The van der Waals surface area contributed by atoms with Gasteiger partial charge in [0.25, 0.3) is 0 Å². The van der Waals surface area contributed by atoms with Gasteiger partial charge in [0.2, 0.25) is 5.91 Å². The third kappa shape index (κ3) is 3.22. The first-order valence-electron chi connectivity index (χ1n) is 6.69. The molecule has 0 aliphatic heterocycles. The molecule has 0 aromatic carbocycles. The minimum absolute atomic E-state index is 0.353. The van der Waals surface area contributed by atoms with Crippen molar-refractivity contribution >= 4 is 11.9 Å². The van der Waals surface area contributed by atoms with Gasteiger partial charge in [-0.25, -0.2) is 4.79 Å². The van der Waals surface area contributed by atoms with Gasteiger partial charge in [-0.05, 0) is 26.2 Å². The molecule has 0 aromatic rings. The molecule has 0 radical (unpaired) electrons. The highest BCUT2D eigenvalue weighted by Crippen LogP contribution is 2.29. The summed E-state index contributed by atoms with van der Waals surface area (Å²) in [6.45, 7) is 3.61. The number of carboxylic acids is 1. The lowest BCUT2D eigenvalue weighted by molar-refractivity contribution is -0.150. The van der Waals surface area contributed by atoms with Crippen LogP contribution < -0.4 is 11.1 Å². The number of carbonyl (C=O) groups is 2. The minimum atomic E-state index is -1.11. The van der Waals surface area contributed by atoms with Crippen molar-refractivity contribution in [1.82, 2.24) is 5.32 Å². The van der Waals surface area contributed by atoms with E-state index in [1.807, 2.05) is 6.92 Å². The quantitative estimate of drug-likeness (QED) is 0.693. The molecule has 0 bridgehead atoms. The number of aliphatic carboxylic acids is 1. The fourth-order valence-electron chi connectivity index (χ4n) is 2.54. The van der Waals surface area contributed by atoms with Crippen molar-refractivity contribution in [2.24, 2.45) is 5.73 Å². The highest BCUT2D eigenvalue weighted by Gasteiger charge is 2.43. The first-order chi connectivity index (χ1) is 8.34. The van der Waals surface area contributed by atoms with Gasteiger partial charge in [0.15, 0.2) is 0 Å². The molecule has 0 saturated heterocycles. The van der Waals surface area contributed by atoms with Crippen LogP contribution in [0.4, 0.5) is 0 Å². The molecule has 104 valence electrons. The van der Waals surface area contributed by atoms with E-state index in [2.05, 4.69) is 5.32 Å². The fraction of sp³-hybridized carbons (Fsp3) is 0.846. The van der Waals surface area contributed by atoms with Crippen LogP contribution in [0.5, 0.6) is 0 Å². The first-order valence-corrected chi connectivity index (χ1v) is 6.69. The molecule has 5 heteroatoms. The van der Waals surface area contributed by atoms with Gasteiger partial charge in [-0.3, -0.25) is 4.79 Å². The number of amides is 1. The number of rotatable bonds is 5. The number of carbonyl (C=O) groups excluding carboxylic acids is 1. The van der Waals surface area contributed by atoms with Crippen LogP contribution in [-0.2, 0) is 9.59 Å². The average molecular weight is 256 g/mol. The average Bonchev–Trinajstić information content (AvgIpc) is 2.29. The molecule has 1 amide bonds. The minimum Gasteiger partial charge on any atom is -0.480 e. The summed E-state index contributed by atoms with van der Waals surface area (Å²) in [5.74, 6) is -1.29. The van der Waals surface area contributed by atoms with Crippen molar-refractivity contribution in [2.75, 3.05) is 0 Å². The van der Waals surface area contributed by atoms with Gasteiger partial charge < -0.3 is 16.2 Å². The lowest BCUT2D eigenvalue weighted by Gasteiger charge is -2.36. The standard InChI is InChI=1S/C13H24N2O3/c1-3-7-12(2,14)10(16)15-13(11(17)18)8-5-4-6-9-13/h3-9,14H2,1-2H3,(H,15,16)(H,17,18). The molecule has 1 atom stereocenters. The molecule has 1 unspecified atom stereocenters. The Kier molecular flexibility index (Phi) is 4.73. The second-order valence-electron chi connectivity index (χ2n) is 5.57. The van der Waals surface area contributed by atoms with Crippen LogP contribution in [0.3, 0.4) is 0 Å². The molecule has 1 fully saturated rings. The molecule has 1 rings (SSSR count). The van der Waals surface area contributed by atoms with Crippen molar-refractivity contribution < 1.29 is 14.7 Å². The molecule has 18 heavy (non-hydrogen) atoms. The van der Waals surface area contributed by atoms with E-state index in [9.17, 15) is 14.7 Å². The van der Waals surface area contributed by atoms with Crippen LogP contribution in [0, 0.1) is 0 Å². The van der Waals surface area contributed by atoms with Crippen molar-refractivity contribution in [3.63, 3.8) is 0 Å². The third-order valence-corrected chi connectivity index (χ3v) is 3.76. The summed E-state index contributed by atoms with van der Waals surface area (Å²) in [7, 11) is 0. The maximum Gasteiger partial charge on any atom is 0.329 e. The first kappa shape index (κ1) is 15.0. The Balaban J connectivity index is 2.78. The number of nitrogens with two attached hydrogens (primary N) is 1. The summed E-state index contributed by atoms with van der Waals surface area (Å²) in [6.07, 6.45) is 5.03. The summed E-state index contributed by atoms with van der Waals surface area (Å²) in [5.41, 5.74) is 3.84. The van der Waals surface area contributed by atoms with E-state index in [0.29, 0.717) is 19.3 Å². The smallest absolute Gasteiger partial charge is 0.329 e. The molecule has 1 aliphatic carbocycles. The maximum absolute atomic E-state index is 12.1. The van der Waals surface area contributed by atoms with E-state index in [0.717, 1.165) is 25.7 Å². The Hall–Kier alpha value is -1.10. The fourth-order valence-corrected chi connectivity index (χ4v) is 2.54. The van der Waals surface area contributed by atoms with Crippen molar-refractivity contribution in [2.45, 2.75) is 69.9 Å². The lowest BCUT2D eigenvalue weighted by Crippen LogP contribution is -2.62. The van der Waals surface area contributed by atoms with Crippen LogP contribution in [0.2, 0.25) is 0 Å². The largest absolute Gasteiger partial charge is 0.480 e. The number of hydrogen-bond donors (Lipinski definition) is 3. The molecular formula is C13H24N2O3. The van der Waals surface area contributed by atoms with E-state index >= 15 is 0 Å². The van der Waals surface area contributed by atoms with E-state index < -0.39 is 17.0 Å². The summed E-state index contributed by atoms with van der Waals surface area (Å²) in [5, 5.41) is 12.1. The number of hydrogen-bond acceptors (Lipinski definition) is 3. The molecule has 1 aliphatic rings. The molecule has 5 nitrogen and oxygen atoms in total. The molecule has 0 heterocycles. The van der Waals surface area contributed by atoms with E-state index in [1.54, 1.807) is 6.92 Å². The summed E-state index contributed by atoms with van der Waals surface area (Å²) in [4.78, 5) is 23.6. The van der Waals surface area contributed by atoms with Gasteiger partial charge in [0.05, 0.1) is 5.54 Å². The summed E-state index contributed by atoms with van der Waals surface area (Å²) in [6, 6.07) is 0. The molecule has 0 spiro atoms.